The molecule has 1 heterocycles. The second kappa shape index (κ2) is 7.47. The van der Waals surface area contributed by atoms with Crippen LogP contribution in [0.15, 0.2) is 22.6 Å². The molecule has 0 spiro atoms. The predicted octanol–water partition coefficient (Wildman–Crippen LogP) is 3.19. The van der Waals surface area contributed by atoms with Crippen molar-refractivity contribution in [3.63, 3.8) is 0 Å². The highest BCUT2D eigenvalue weighted by Gasteiger charge is 2.17. The molecule has 2 atom stereocenters. The summed E-state index contributed by atoms with van der Waals surface area (Å²) >= 11 is 13.2. The molecule has 0 saturated heterocycles. The quantitative estimate of drug-likeness (QED) is 0.834. The van der Waals surface area contributed by atoms with E-state index in [0.717, 1.165) is 0 Å². The van der Waals surface area contributed by atoms with Crippen molar-refractivity contribution in [3.05, 3.63) is 34.1 Å². The molecule has 2 N–H and O–H groups in total. The summed E-state index contributed by atoms with van der Waals surface area (Å²) in [5.74, 6) is 1.20. The van der Waals surface area contributed by atoms with Gasteiger partial charge in [0.15, 0.2) is 0 Å². The van der Waals surface area contributed by atoms with E-state index in [1.165, 1.54) is 11.8 Å². The molecule has 114 valence electrons. The first kappa shape index (κ1) is 16.6. The van der Waals surface area contributed by atoms with Crippen LogP contribution in [0, 0.1) is 0 Å². The Labute approximate surface area is 136 Å². The minimum Gasteiger partial charge on any atom is -0.420 e. The van der Waals surface area contributed by atoms with Crippen LogP contribution in [0.5, 0.6) is 0 Å². The van der Waals surface area contributed by atoms with Crippen molar-refractivity contribution in [2.45, 2.75) is 18.3 Å². The zero-order valence-electron chi connectivity index (χ0n) is 11.2. The number of hydrogen-bond acceptors (Lipinski definition) is 6. The van der Waals surface area contributed by atoms with Crippen molar-refractivity contribution in [1.82, 2.24) is 10.2 Å². The molecular weight excluding hydrogens is 335 g/mol. The summed E-state index contributed by atoms with van der Waals surface area (Å²) < 4.78 is 5.60. The van der Waals surface area contributed by atoms with Gasteiger partial charge in [0, 0.05) is 11.3 Å². The average molecular weight is 349 g/mol. The van der Waals surface area contributed by atoms with Gasteiger partial charge >= 0.3 is 0 Å². The second-order valence-electron chi connectivity index (χ2n) is 4.39. The van der Waals surface area contributed by atoms with Crippen molar-refractivity contribution in [2.75, 3.05) is 12.4 Å². The van der Waals surface area contributed by atoms with E-state index in [4.69, 9.17) is 32.7 Å². The first-order valence-corrected chi connectivity index (χ1v) is 8.01. The standard InChI is InChI=1S/C13H14Cl2N2O3S/c1-7(21-6-9(19)5-18)12-16-17-13(20-12)8-2-3-10(14)11(15)4-8/h2-4,7,9,18-19H,5-6H2,1H3/t7-,9-/m1/s1. The van der Waals surface area contributed by atoms with Gasteiger partial charge in [0.1, 0.15) is 0 Å². The van der Waals surface area contributed by atoms with Crippen LogP contribution in [0.3, 0.4) is 0 Å². The number of benzene rings is 1. The van der Waals surface area contributed by atoms with Crippen molar-refractivity contribution in [2.24, 2.45) is 0 Å². The van der Waals surface area contributed by atoms with Gasteiger partial charge in [0.25, 0.3) is 0 Å². The minimum absolute atomic E-state index is 0.0878. The Morgan fingerprint density at radius 1 is 1.29 bits per heavy atom. The van der Waals surface area contributed by atoms with E-state index < -0.39 is 6.10 Å². The maximum Gasteiger partial charge on any atom is 0.247 e. The highest BCUT2D eigenvalue weighted by Crippen LogP contribution is 2.31. The van der Waals surface area contributed by atoms with Gasteiger partial charge in [-0.2, -0.15) is 0 Å². The van der Waals surface area contributed by atoms with E-state index in [9.17, 15) is 5.11 Å². The first-order chi connectivity index (χ1) is 10.0. The van der Waals surface area contributed by atoms with Crippen molar-refractivity contribution < 1.29 is 14.6 Å². The van der Waals surface area contributed by atoms with Crippen LogP contribution in [0.1, 0.15) is 18.1 Å². The SMILES string of the molecule is C[C@@H](SC[C@H](O)CO)c1nnc(-c2ccc(Cl)c(Cl)c2)o1. The molecule has 0 radical (unpaired) electrons. The topological polar surface area (TPSA) is 79.4 Å². The Bertz CT molecular complexity index is 609. The molecule has 21 heavy (non-hydrogen) atoms. The minimum atomic E-state index is -0.755. The van der Waals surface area contributed by atoms with E-state index >= 15 is 0 Å². The molecule has 5 nitrogen and oxygen atoms in total. The Balaban J connectivity index is 2.08. The van der Waals surface area contributed by atoms with Crippen LogP contribution < -0.4 is 0 Å². The number of thioether (sulfide) groups is 1. The highest BCUT2D eigenvalue weighted by atomic mass is 35.5. The van der Waals surface area contributed by atoms with Gasteiger partial charge < -0.3 is 14.6 Å². The Hall–Kier alpha value is -0.790. The number of aromatic nitrogens is 2. The van der Waals surface area contributed by atoms with Gasteiger partial charge in [-0.25, -0.2) is 0 Å². The smallest absolute Gasteiger partial charge is 0.247 e. The van der Waals surface area contributed by atoms with Crippen LogP contribution in [-0.4, -0.2) is 38.9 Å². The molecule has 1 aromatic carbocycles. The number of nitrogens with zero attached hydrogens (tertiary/aromatic N) is 2. The lowest BCUT2D eigenvalue weighted by Crippen LogP contribution is -2.15. The number of rotatable bonds is 6. The predicted molar refractivity (Wildman–Crippen MR) is 83.7 cm³/mol. The maximum absolute atomic E-state index is 9.33. The highest BCUT2D eigenvalue weighted by molar-refractivity contribution is 7.99. The summed E-state index contributed by atoms with van der Waals surface area (Å²) in [6, 6.07) is 5.08. The lowest BCUT2D eigenvalue weighted by molar-refractivity contribution is 0.113. The van der Waals surface area contributed by atoms with Gasteiger partial charge in [0.05, 0.1) is 28.0 Å². The first-order valence-electron chi connectivity index (χ1n) is 6.20. The normalized spacial score (nSPS) is 14.1. The number of halogens is 2. The van der Waals surface area contributed by atoms with E-state index in [1.807, 2.05) is 6.92 Å². The van der Waals surface area contributed by atoms with E-state index in [0.29, 0.717) is 33.1 Å². The van der Waals surface area contributed by atoms with Crippen LogP contribution in [0.25, 0.3) is 11.5 Å². The molecular formula is C13H14Cl2N2O3S. The largest absolute Gasteiger partial charge is 0.420 e. The number of aliphatic hydroxyl groups excluding tert-OH is 2. The summed E-state index contributed by atoms with van der Waals surface area (Å²) in [6.07, 6.45) is -0.755. The molecule has 0 aliphatic heterocycles. The zero-order valence-corrected chi connectivity index (χ0v) is 13.5. The summed E-state index contributed by atoms with van der Waals surface area (Å²) in [7, 11) is 0. The number of aliphatic hydroxyl groups is 2. The number of hydrogen-bond donors (Lipinski definition) is 2. The van der Waals surface area contributed by atoms with E-state index in [-0.39, 0.29) is 11.9 Å². The van der Waals surface area contributed by atoms with Crippen LogP contribution >= 0.6 is 35.0 Å². The maximum atomic E-state index is 9.33. The zero-order chi connectivity index (χ0) is 15.4. The molecule has 8 heteroatoms. The summed E-state index contributed by atoms with van der Waals surface area (Å²) in [6.45, 7) is 1.62. The van der Waals surface area contributed by atoms with Crippen LogP contribution in [0.2, 0.25) is 10.0 Å². The van der Waals surface area contributed by atoms with E-state index in [1.54, 1.807) is 18.2 Å². The molecule has 2 aromatic rings. The van der Waals surface area contributed by atoms with Crippen LogP contribution in [0.4, 0.5) is 0 Å². The molecule has 0 unspecified atom stereocenters. The summed E-state index contributed by atoms with van der Waals surface area (Å²) in [5.41, 5.74) is 0.691. The molecule has 0 aliphatic carbocycles. The lowest BCUT2D eigenvalue weighted by Gasteiger charge is -2.09. The molecule has 0 aliphatic rings. The van der Waals surface area contributed by atoms with Crippen molar-refractivity contribution >= 4 is 35.0 Å². The summed E-state index contributed by atoms with van der Waals surface area (Å²) in [4.78, 5) is 0. The molecule has 0 saturated carbocycles. The monoisotopic (exact) mass is 348 g/mol. The third kappa shape index (κ3) is 4.34. The van der Waals surface area contributed by atoms with Gasteiger partial charge in [-0.1, -0.05) is 23.2 Å². The van der Waals surface area contributed by atoms with Crippen molar-refractivity contribution in [3.8, 4) is 11.5 Å². The lowest BCUT2D eigenvalue weighted by atomic mass is 10.2. The Kier molecular flexibility index (Phi) is 5.89. The van der Waals surface area contributed by atoms with E-state index in [2.05, 4.69) is 10.2 Å². The molecule has 2 rings (SSSR count). The molecule has 1 aromatic heterocycles. The third-order valence-corrected chi connectivity index (χ3v) is 4.72. The molecule has 0 fully saturated rings. The molecule has 0 bridgehead atoms. The van der Waals surface area contributed by atoms with Crippen LogP contribution in [-0.2, 0) is 0 Å². The fourth-order valence-corrected chi connectivity index (χ4v) is 2.68. The third-order valence-electron chi connectivity index (χ3n) is 2.70. The Morgan fingerprint density at radius 3 is 2.71 bits per heavy atom. The van der Waals surface area contributed by atoms with Gasteiger partial charge in [-0.3, -0.25) is 0 Å². The summed E-state index contributed by atoms with van der Waals surface area (Å²) in [5, 5.41) is 26.9. The van der Waals surface area contributed by atoms with Crippen molar-refractivity contribution in [1.29, 1.82) is 0 Å². The van der Waals surface area contributed by atoms with Gasteiger partial charge in [0.2, 0.25) is 11.8 Å². The second-order valence-corrected chi connectivity index (χ2v) is 6.57. The fraction of sp³-hybridized carbons (Fsp3) is 0.385. The van der Waals surface area contributed by atoms with Gasteiger partial charge in [-0.15, -0.1) is 22.0 Å². The fourth-order valence-electron chi connectivity index (χ4n) is 1.52. The Morgan fingerprint density at radius 2 is 2.05 bits per heavy atom. The molecule has 0 amide bonds. The average Bonchev–Trinajstić information content (AvgIpc) is 2.97. The van der Waals surface area contributed by atoms with Gasteiger partial charge in [-0.05, 0) is 25.1 Å².